The molecule has 0 aliphatic heterocycles. The number of unbranched alkanes of at least 4 members (excludes halogenated alkanes) is 3. The third-order valence-electron chi connectivity index (χ3n) is 16.2. The summed E-state index contributed by atoms with van der Waals surface area (Å²) in [5.74, 6) is 2.91. The molecule has 91 heavy (non-hydrogen) atoms. The van der Waals surface area contributed by atoms with E-state index in [1.807, 2.05) is 38.7 Å². The lowest BCUT2D eigenvalue weighted by Gasteiger charge is -2.25. The molecular formula is C78H77N11O2. The number of fused-ring (bicyclic) bond motifs is 3. The van der Waals surface area contributed by atoms with Gasteiger partial charge in [-0.3, -0.25) is 0 Å². The second-order valence-corrected chi connectivity index (χ2v) is 24.7. The van der Waals surface area contributed by atoms with Gasteiger partial charge in [0.2, 0.25) is 0 Å². The summed E-state index contributed by atoms with van der Waals surface area (Å²) in [4.78, 5) is 10.2. The fraction of sp³-hybridized carbons (Fsp3) is 0.231. The Morgan fingerprint density at radius 3 is 1.10 bits per heavy atom. The standard InChI is InChI=1S/C78H77N11O2/c1-54(2)51-87-83-77-71(59-31-39-65(40-32-59)88(61-23-13-9-14-24-61)62-25-15-10-16-26-62)75-76(72(78(77)84-87)60-33-41-66(42-34-60)89(63-27-17-11-18-28-63)64-29-19-12-20-30-64)82-86(81-75)50-22-8-7-21-49-85-79-73-69(57-35-43-67(44-36-57)90-52-55(3)4)47-48-70(74(73)80-85)58-37-45-68(46-38-58)91-53-56(5)6/h9-20,23-48,54-56H,7-8,21-22,49-53H2,1-6H3. The van der Waals surface area contributed by atoms with Gasteiger partial charge in [-0.2, -0.15) is 45.0 Å². The molecule has 0 aliphatic carbocycles. The Kier molecular flexibility index (Phi) is 17.8. The third-order valence-corrected chi connectivity index (χ3v) is 16.2. The molecule has 0 saturated carbocycles. The van der Waals surface area contributed by atoms with Crippen molar-refractivity contribution in [2.45, 2.75) is 86.9 Å². The number of ether oxygens (including phenoxy) is 2. The van der Waals surface area contributed by atoms with E-state index in [-0.39, 0.29) is 0 Å². The Morgan fingerprint density at radius 1 is 0.363 bits per heavy atom. The first-order valence-corrected chi connectivity index (χ1v) is 32.1. The van der Waals surface area contributed by atoms with Crippen molar-refractivity contribution in [3.63, 3.8) is 0 Å². The van der Waals surface area contributed by atoms with E-state index in [1.54, 1.807) is 0 Å². The Hall–Kier alpha value is -10.4. The molecule has 13 rings (SSSR count). The largest absolute Gasteiger partial charge is 0.493 e. The highest BCUT2D eigenvalue weighted by Crippen LogP contribution is 2.44. The molecule has 0 radical (unpaired) electrons. The lowest BCUT2D eigenvalue weighted by Crippen LogP contribution is -2.42. The number of anilines is 6. The number of hydrogen-bond donors (Lipinski definition) is 0. The number of para-hydroxylation sites is 4. The highest BCUT2D eigenvalue weighted by molar-refractivity contribution is 6.16. The first-order chi connectivity index (χ1) is 44.6. The summed E-state index contributed by atoms with van der Waals surface area (Å²) in [6, 6.07) is 80.6. The maximum absolute atomic E-state index is 6.05. The SMILES string of the molecule is CC(C)COc1ccc(-c2ccc(-c3ccc(OCC(C)C)cc3)c3nn(CCCCCCn4nc5c(-c6ccc(N(c7ccccc7)c7ccccc7)cc6)c6n[n+](CC(C)C)[n-]c6c(-c6ccc(N(c7ccccc7)c7ccccc7)cc6)c5n4)nc23)cc1. The van der Waals surface area contributed by atoms with Crippen LogP contribution in [0.25, 0.3) is 77.6 Å². The van der Waals surface area contributed by atoms with Crippen LogP contribution in [0.4, 0.5) is 34.1 Å². The molecule has 0 spiro atoms. The van der Waals surface area contributed by atoms with Gasteiger partial charge in [0.1, 0.15) is 33.6 Å². The molecule has 13 nitrogen and oxygen atoms in total. The van der Waals surface area contributed by atoms with Gasteiger partial charge in [-0.1, -0.05) is 188 Å². The minimum absolute atomic E-state index is 0.317. The Bertz CT molecular complexity index is 4160. The first kappa shape index (κ1) is 59.6. The van der Waals surface area contributed by atoms with Crippen molar-refractivity contribution in [2.24, 2.45) is 17.8 Å². The molecule has 0 atom stereocenters. The van der Waals surface area contributed by atoms with Crippen LogP contribution in [0.15, 0.2) is 231 Å². The first-order valence-electron chi connectivity index (χ1n) is 32.1. The summed E-state index contributed by atoms with van der Waals surface area (Å²) < 4.78 is 12.1. The topological polar surface area (TPSA) is 117 Å². The number of rotatable bonds is 25. The summed E-state index contributed by atoms with van der Waals surface area (Å²) >= 11 is 0. The molecule has 10 aromatic carbocycles. The van der Waals surface area contributed by atoms with E-state index in [1.165, 1.54) is 0 Å². The Morgan fingerprint density at radius 2 is 0.714 bits per heavy atom. The number of benzene rings is 10. The summed E-state index contributed by atoms with van der Waals surface area (Å²) in [5, 5.41) is 32.0. The zero-order valence-corrected chi connectivity index (χ0v) is 52.8. The Labute approximate surface area is 533 Å². The molecule has 3 aromatic heterocycles. The van der Waals surface area contributed by atoms with Crippen molar-refractivity contribution in [3.05, 3.63) is 231 Å². The lowest BCUT2D eigenvalue weighted by atomic mass is 9.95. The lowest BCUT2D eigenvalue weighted by molar-refractivity contribution is -0.808. The second-order valence-electron chi connectivity index (χ2n) is 24.7. The fourth-order valence-corrected chi connectivity index (χ4v) is 11.9. The van der Waals surface area contributed by atoms with Crippen LogP contribution in [-0.2, 0) is 19.6 Å². The number of aromatic nitrogens is 9. The number of nitrogens with zero attached hydrogens (tertiary/aromatic N) is 11. The second kappa shape index (κ2) is 27.1. The van der Waals surface area contributed by atoms with Crippen molar-refractivity contribution in [2.75, 3.05) is 23.0 Å². The Balaban J connectivity index is 0.815. The number of aryl methyl sites for hydroxylation is 2. The zero-order chi connectivity index (χ0) is 62.2. The molecule has 13 aromatic rings. The minimum Gasteiger partial charge on any atom is -0.493 e. The summed E-state index contributed by atoms with van der Waals surface area (Å²) in [7, 11) is 0. The van der Waals surface area contributed by atoms with E-state index in [2.05, 4.69) is 258 Å². The van der Waals surface area contributed by atoms with Gasteiger partial charge >= 0.3 is 0 Å². The van der Waals surface area contributed by atoms with E-state index in [0.29, 0.717) is 50.6 Å². The predicted molar refractivity (Wildman–Crippen MR) is 369 cm³/mol. The number of hydrogen-bond acceptors (Lipinski definition) is 9. The molecule has 0 fully saturated rings. The molecule has 0 N–H and O–H groups in total. The van der Waals surface area contributed by atoms with E-state index >= 15 is 0 Å². The fourth-order valence-electron chi connectivity index (χ4n) is 11.9. The quantitative estimate of drug-likeness (QED) is 0.0404. The average molecular weight is 1200 g/mol. The normalized spacial score (nSPS) is 11.7. The van der Waals surface area contributed by atoms with Gasteiger partial charge < -0.3 is 19.3 Å². The average Bonchev–Trinajstić information content (AvgIpc) is 1.71. The van der Waals surface area contributed by atoms with Crippen LogP contribution in [0.1, 0.15) is 67.2 Å². The molecule has 0 unspecified atom stereocenters. The van der Waals surface area contributed by atoms with Crippen LogP contribution < -0.4 is 29.2 Å². The molecule has 0 amide bonds. The van der Waals surface area contributed by atoms with Gasteiger partial charge in [0.25, 0.3) is 0 Å². The van der Waals surface area contributed by atoms with E-state index < -0.39 is 0 Å². The summed E-state index contributed by atoms with van der Waals surface area (Å²) in [6.45, 7) is 16.4. The van der Waals surface area contributed by atoms with Gasteiger partial charge in [0.15, 0.2) is 6.54 Å². The monoisotopic (exact) mass is 1200 g/mol. The highest BCUT2D eigenvalue weighted by atomic mass is 16.5. The van der Waals surface area contributed by atoms with Crippen LogP contribution in [0.5, 0.6) is 11.5 Å². The van der Waals surface area contributed by atoms with Crippen LogP contribution in [0.3, 0.4) is 0 Å². The summed E-state index contributed by atoms with van der Waals surface area (Å²) in [5.41, 5.74) is 19.3. The zero-order valence-electron chi connectivity index (χ0n) is 52.8. The molecule has 13 heteroatoms. The van der Waals surface area contributed by atoms with Gasteiger partial charge in [-0.25, -0.2) is 0 Å². The minimum atomic E-state index is 0.317. The molecule has 456 valence electrons. The van der Waals surface area contributed by atoms with Gasteiger partial charge in [-0.05, 0) is 144 Å². The van der Waals surface area contributed by atoms with Crippen LogP contribution >= 0.6 is 0 Å². The highest BCUT2D eigenvalue weighted by Gasteiger charge is 2.25. The van der Waals surface area contributed by atoms with Gasteiger partial charge in [0.05, 0.1) is 26.3 Å². The van der Waals surface area contributed by atoms with Crippen molar-refractivity contribution in [1.29, 1.82) is 0 Å². The van der Waals surface area contributed by atoms with E-state index in [0.717, 1.165) is 149 Å². The van der Waals surface area contributed by atoms with Crippen molar-refractivity contribution in [1.82, 2.24) is 40.2 Å². The van der Waals surface area contributed by atoms with Crippen molar-refractivity contribution in [3.8, 4) is 56.0 Å². The third kappa shape index (κ3) is 13.3. The maximum Gasteiger partial charge on any atom is 0.165 e. The maximum atomic E-state index is 6.05. The van der Waals surface area contributed by atoms with E-state index in [9.17, 15) is 0 Å². The van der Waals surface area contributed by atoms with Crippen molar-refractivity contribution < 1.29 is 14.3 Å². The molecule has 0 bridgehead atoms. The molecule has 3 heterocycles. The van der Waals surface area contributed by atoms with Gasteiger partial charge in [-0.15, -0.1) is 0 Å². The van der Waals surface area contributed by atoms with Crippen LogP contribution in [-0.4, -0.2) is 48.3 Å². The van der Waals surface area contributed by atoms with Crippen LogP contribution in [0.2, 0.25) is 0 Å². The van der Waals surface area contributed by atoms with Crippen molar-refractivity contribution >= 4 is 67.2 Å². The van der Waals surface area contributed by atoms with Crippen LogP contribution in [0, 0.1) is 17.8 Å². The predicted octanol–water partition coefficient (Wildman–Crippen LogP) is 18.6. The summed E-state index contributed by atoms with van der Waals surface area (Å²) in [6.07, 6.45) is 3.74. The molecule has 0 saturated heterocycles. The molecular weight excluding hydrogens is 1120 g/mol. The van der Waals surface area contributed by atoms with E-state index in [4.69, 9.17) is 40.1 Å². The molecule has 0 aliphatic rings. The van der Waals surface area contributed by atoms with Gasteiger partial charge in [0, 0.05) is 73.3 Å². The smallest absolute Gasteiger partial charge is 0.165 e.